The molecule has 1 unspecified atom stereocenters. The first kappa shape index (κ1) is 16.8. The highest BCUT2D eigenvalue weighted by atomic mass is 16.5. The third-order valence-corrected chi connectivity index (χ3v) is 3.55. The van der Waals surface area contributed by atoms with Gasteiger partial charge in [0.1, 0.15) is 18.0 Å². The molecule has 25 heavy (non-hydrogen) atoms. The summed E-state index contributed by atoms with van der Waals surface area (Å²) in [4.78, 5) is 19.0. The van der Waals surface area contributed by atoms with Crippen LogP contribution in [0.5, 0.6) is 5.88 Å². The number of likely N-dealkylation sites (N-methyl/N-ethyl adjacent to an activating group) is 1. The van der Waals surface area contributed by atoms with Gasteiger partial charge in [0.2, 0.25) is 5.69 Å². The van der Waals surface area contributed by atoms with Crippen LogP contribution in [-0.2, 0) is 6.42 Å². The summed E-state index contributed by atoms with van der Waals surface area (Å²) < 4.78 is 5.78. The van der Waals surface area contributed by atoms with Crippen LogP contribution in [0.25, 0.3) is 0 Å². The molecule has 2 aromatic heterocycles. The summed E-state index contributed by atoms with van der Waals surface area (Å²) in [5, 5.41) is 12.3. The fourth-order valence-corrected chi connectivity index (χ4v) is 2.54. The fraction of sp³-hybridized carbons (Fsp3) is 0.353. The highest BCUT2D eigenvalue weighted by molar-refractivity contribution is 5.76. The van der Waals surface area contributed by atoms with Crippen molar-refractivity contribution in [3.05, 3.63) is 29.7 Å². The molecule has 0 bridgehead atoms. The number of pyridine rings is 1. The van der Waals surface area contributed by atoms with Crippen molar-refractivity contribution in [2.45, 2.75) is 19.4 Å². The SMILES string of the molecule is CC(CN(C)C)Oc1nc(Nc2cc3c(cn2)N=CC3)cnc1C#N. The number of ether oxygens (including phenoxy) is 1. The number of anilines is 2. The lowest BCUT2D eigenvalue weighted by atomic mass is 10.2. The van der Waals surface area contributed by atoms with Gasteiger partial charge in [-0.25, -0.2) is 9.97 Å². The van der Waals surface area contributed by atoms with Gasteiger partial charge in [-0.1, -0.05) is 0 Å². The Labute approximate surface area is 146 Å². The number of hydrogen-bond donors (Lipinski definition) is 1. The Morgan fingerprint density at radius 3 is 2.92 bits per heavy atom. The number of aromatic nitrogens is 3. The highest BCUT2D eigenvalue weighted by Gasteiger charge is 2.14. The maximum Gasteiger partial charge on any atom is 0.253 e. The zero-order valence-corrected chi connectivity index (χ0v) is 14.4. The van der Waals surface area contributed by atoms with Crippen LogP contribution in [0.2, 0.25) is 0 Å². The Bertz CT molecular complexity index is 841. The fourth-order valence-electron chi connectivity index (χ4n) is 2.54. The molecule has 3 rings (SSSR count). The second-order valence-corrected chi connectivity index (χ2v) is 6.05. The van der Waals surface area contributed by atoms with E-state index in [4.69, 9.17) is 4.74 Å². The first-order valence-electron chi connectivity index (χ1n) is 7.92. The van der Waals surface area contributed by atoms with E-state index in [1.165, 1.54) is 6.20 Å². The predicted molar refractivity (Wildman–Crippen MR) is 94.8 cm³/mol. The van der Waals surface area contributed by atoms with Crippen molar-refractivity contribution >= 4 is 23.5 Å². The molecule has 1 aliphatic rings. The molecule has 0 aromatic carbocycles. The van der Waals surface area contributed by atoms with E-state index in [2.05, 4.69) is 25.3 Å². The van der Waals surface area contributed by atoms with Gasteiger partial charge in [0.05, 0.1) is 18.1 Å². The molecule has 2 aromatic rings. The molecule has 0 spiro atoms. The number of nitrogens with zero attached hydrogens (tertiary/aromatic N) is 6. The van der Waals surface area contributed by atoms with Crippen LogP contribution in [-0.4, -0.2) is 52.8 Å². The lowest BCUT2D eigenvalue weighted by Gasteiger charge is -2.18. The van der Waals surface area contributed by atoms with Gasteiger partial charge >= 0.3 is 0 Å². The molecule has 8 nitrogen and oxygen atoms in total. The molecule has 0 saturated heterocycles. The summed E-state index contributed by atoms with van der Waals surface area (Å²) in [5.41, 5.74) is 2.15. The zero-order valence-electron chi connectivity index (χ0n) is 14.4. The molecule has 0 amide bonds. The van der Waals surface area contributed by atoms with Gasteiger partial charge in [0, 0.05) is 19.2 Å². The minimum Gasteiger partial charge on any atom is -0.471 e. The van der Waals surface area contributed by atoms with Crippen molar-refractivity contribution in [1.82, 2.24) is 19.9 Å². The molecular formula is C17H19N7O. The van der Waals surface area contributed by atoms with Crippen molar-refractivity contribution in [3.63, 3.8) is 0 Å². The smallest absolute Gasteiger partial charge is 0.253 e. The average molecular weight is 337 g/mol. The minimum absolute atomic E-state index is 0.123. The number of nitrogens with one attached hydrogen (secondary N) is 1. The molecule has 0 aliphatic carbocycles. The van der Waals surface area contributed by atoms with Gasteiger partial charge in [-0.05, 0) is 32.6 Å². The van der Waals surface area contributed by atoms with Gasteiger partial charge < -0.3 is 15.0 Å². The highest BCUT2D eigenvalue weighted by Crippen LogP contribution is 2.26. The molecule has 0 fully saturated rings. The monoisotopic (exact) mass is 337 g/mol. The number of hydrogen-bond acceptors (Lipinski definition) is 8. The normalized spacial score (nSPS) is 13.4. The van der Waals surface area contributed by atoms with E-state index in [9.17, 15) is 5.26 Å². The Balaban J connectivity index is 1.78. The van der Waals surface area contributed by atoms with Crippen LogP contribution < -0.4 is 10.1 Å². The summed E-state index contributed by atoms with van der Waals surface area (Å²) in [6.07, 6.45) is 5.74. The second kappa shape index (κ2) is 7.23. The molecule has 3 heterocycles. The molecule has 1 N–H and O–H groups in total. The first-order chi connectivity index (χ1) is 12.0. The molecule has 8 heteroatoms. The lowest BCUT2D eigenvalue weighted by Crippen LogP contribution is -2.28. The molecule has 0 radical (unpaired) electrons. The van der Waals surface area contributed by atoms with E-state index < -0.39 is 0 Å². The molecule has 128 valence electrons. The van der Waals surface area contributed by atoms with Crippen LogP contribution in [0.3, 0.4) is 0 Å². The summed E-state index contributed by atoms with van der Waals surface area (Å²) in [6, 6.07) is 3.94. The largest absolute Gasteiger partial charge is 0.471 e. The number of aliphatic imine (C=N–C) groups is 1. The third-order valence-electron chi connectivity index (χ3n) is 3.55. The van der Waals surface area contributed by atoms with Gasteiger partial charge in [-0.2, -0.15) is 10.2 Å². The van der Waals surface area contributed by atoms with Gasteiger partial charge in [-0.3, -0.25) is 4.99 Å². The van der Waals surface area contributed by atoms with Crippen molar-refractivity contribution < 1.29 is 4.74 Å². The van der Waals surface area contributed by atoms with E-state index in [0.717, 1.165) is 17.7 Å². The maximum absolute atomic E-state index is 9.21. The molecule has 1 aliphatic heterocycles. The van der Waals surface area contributed by atoms with Gasteiger partial charge in [0.15, 0.2) is 5.82 Å². The molecule has 0 saturated carbocycles. The van der Waals surface area contributed by atoms with E-state index in [0.29, 0.717) is 18.2 Å². The standard InChI is InChI=1S/C17H19N7O/c1-11(10-24(2)3)25-17-13(7-18)20-9-16(23-17)22-15-6-12-4-5-19-14(12)8-21-15/h5-6,8-9,11H,4,10H2,1-3H3,(H,21,22,23). The Kier molecular flexibility index (Phi) is 4.86. The van der Waals surface area contributed by atoms with Crippen LogP contribution in [0.4, 0.5) is 17.3 Å². The quantitative estimate of drug-likeness (QED) is 0.861. The maximum atomic E-state index is 9.21. The van der Waals surface area contributed by atoms with Crippen molar-refractivity contribution in [3.8, 4) is 11.9 Å². The van der Waals surface area contributed by atoms with Gasteiger partial charge in [-0.15, -0.1) is 0 Å². The lowest BCUT2D eigenvalue weighted by molar-refractivity contribution is 0.169. The second-order valence-electron chi connectivity index (χ2n) is 6.05. The van der Waals surface area contributed by atoms with Crippen molar-refractivity contribution in [2.75, 3.05) is 26.0 Å². The van der Waals surface area contributed by atoms with Crippen LogP contribution >= 0.6 is 0 Å². The summed E-state index contributed by atoms with van der Waals surface area (Å²) >= 11 is 0. The van der Waals surface area contributed by atoms with E-state index >= 15 is 0 Å². The van der Waals surface area contributed by atoms with Crippen molar-refractivity contribution in [1.29, 1.82) is 5.26 Å². The minimum atomic E-state index is -0.123. The number of nitriles is 1. The zero-order chi connectivity index (χ0) is 17.8. The number of fused-ring (bicyclic) bond motifs is 1. The van der Waals surface area contributed by atoms with Crippen LogP contribution in [0, 0.1) is 11.3 Å². The third kappa shape index (κ3) is 4.08. The van der Waals surface area contributed by atoms with Crippen LogP contribution in [0.15, 0.2) is 23.5 Å². The molecule has 1 atom stereocenters. The molecular weight excluding hydrogens is 318 g/mol. The van der Waals surface area contributed by atoms with E-state index in [-0.39, 0.29) is 17.7 Å². The summed E-state index contributed by atoms with van der Waals surface area (Å²) in [5.74, 6) is 1.33. The summed E-state index contributed by atoms with van der Waals surface area (Å²) in [6.45, 7) is 2.63. The predicted octanol–water partition coefficient (Wildman–Crippen LogP) is 2.07. The Morgan fingerprint density at radius 2 is 2.16 bits per heavy atom. The van der Waals surface area contributed by atoms with Crippen molar-refractivity contribution in [2.24, 2.45) is 4.99 Å². The average Bonchev–Trinajstić information content (AvgIpc) is 3.02. The summed E-state index contributed by atoms with van der Waals surface area (Å²) in [7, 11) is 3.91. The topological polar surface area (TPSA) is 99.3 Å². The van der Waals surface area contributed by atoms with Crippen LogP contribution in [0.1, 0.15) is 18.2 Å². The first-order valence-corrected chi connectivity index (χ1v) is 7.92. The van der Waals surface area contributed by atoms with E-state index in [1.807, 2.05) is 44.3 Å². The number of rotatable bonds is 6. The van der Waals surface area contributed by atoms with Gasteiger partial charge in [0.25, 0.3) is 5.88 Å². The van der Waals surface area contributed by atoms with E-state index in [1.54, 1.807) is 6.20 Å². The Morgan fingerprint density at radius 1 is 1.32 bits per heavy atom. The Hall–Kier alpha value is -3.05.